The summed E-state index contributed by atoms with van der Waals surface area (Å²) >= 11 is 0. The summed E-state index contributed by atoms with van der Waals surface area (Å²) in [6.45, 7) is 2.13. The second-order valence-corrected chi connectivity index (χ2v) is 8.47. The standard InChI is InChI=1S/C26H23F3N4O3/c1-15-12-32(14-30-15)22-5-4-18(11-24(22)35-2)31-20-9-16(25(28)29)13-33(26(20)34)21-7-8-36-23-6-3-17(27)10-19(21)23/h3-6,9-14,21,25,31H,7-8H2,1-2H3. The first-order valence-corrected chi connectivity index (χ1v) is 11.3. The van der Waals surface area contributed by atoms with Gasteiger partial charge in [-0.1, -0.05) is 0 Å². The van der Waals surface area contributed by atoms with Crippen LogP contribution >= 0.6 is 0 Å². The molecule has 0 radical (unpaired) electrons. The number of pyridine rings is 1. The third-order valence-corrected chi connectivity index (χ3v) is 6.08. The molecule has 36 heavy (non-hydrogen) atoms. The van der Waals surface area contributed by atoms with Crippen LogP contribution in [-0.4, -0.2) is 27.8 Å². The Bertz CT molecular complexity index is 1480. The first-order chi connectivity index (χ1) is 17.3. The summed E-state index contributed by atoms with van der Waals surface area (Å²) in [4.78, 5) is 17.7. The SMILES string of the molecule is COc1cc(Nc2cc(C(F)F)cn(C3CCOc4ccc(F)cc43)c2=O)ccc1-n1cnc(C)c1. The van der Waals surface area contributed by atoms with Gasteiger partial charge in [-0.2, -0.15) is 0 Å². The molecule has 1 N–H and O–H groups in total. The third-order valence-electron chi connectivity index (χ3n) is 6.08. The van der Waals surface area contributed by atoms with Crippen LogP contribution in [0.2, 0.25) is 0 Å². The van der Waals surface area contributed by atoms with Crippen molar-refractivity contribution in [3.8, 4) is 17.2 Å². The van der Waals surface area contributed by atoms with Crippen LogP contribution < -0.4 is 20.3 Å². The maximum atomic E-state index is 14.0. The number of hydrogen-bond donors (Lipinski definition) is 1. The molecule has 0 saturated carbocycles. The number of ether oxygens (including phenoxy) is 2. The summed E-state index contributed by atoms with van der Waals surface area (Å²) in [5, 5.41) is 2.96. The number of aromatic nitrogens is 3. The Morgan fingerprint density at radius 3 is 2.72 bits per heavy atom. The predicted octanol–water partition coefficient (Wildman–Crippen LogP) is 5.54. The molecule has 0 bridgehead atoms. The van der Waals surface area contributed by atoms with Crippen molar-refractivity contribution in [2.24, 2.45) is 0 Å². The monoisotopic (exact) mass is 496 g/mol. The number of fused-ring (bicyclic) bond motifs is 1. The molecule has 1 aliphatic heterocycles. The average Bonchev–Trinajstić information content (AvgIpc) is 3.30. The molecule has 0 spiro atoms. The number of nitrogens with zero attached hydrogens (tertiary/aromatic N) is 3. The lowest BCUT2D eigenvalue weighted by Gasteiger charge is -2.28. The number of imidazole rings is 1. The van der Waals surface area contributed by atoms with Gasteiger partial charge in [0.2, 0.25) is 0 Å². The normalized spacial score (nSPS) is 14.9. The smallest absolute Gasteiger partial charge is 0.274 e. The van der Waals surface area contributed by atoms with Gasteiger partial charge in [-0.05, 0) is 43.3 Å². The molecule has 0 fully saturated rings. The Balaban J connectivity index is 1.56. The minimum absolute atomic E-state index is 0.0366. The molecule has 2 aromatic carbocycles. The van der Waals surface area contributed by atoms with Crippen LogP contribution in [0.4, 0.5) is 24.5 Å². The summed E-state index contributed by atoms with van der Waals surface area (Å²) in [6.07, 6.45) is 2.14. The minimum atomic E-state index is -2.81. The highest BCUT2D eigenvalue weighted by atomic mass is 19.3. The molecular formula is C26H23F3N4O3. The second-order valence-electron chi connectivity index (χ2n) is 8.47. The summed E-state index contributed by atoms with van der Waals surface area (Å²) in [7, 11) is 1.51. The fourth-order valence-electron chi connectivity index (χ4n) is 4.38. The van der Waals surface area contributed by atoms with Gasteiger partial charge in [-0.3, -0.25) is 4.79 Å². The number of methoxy groups -OCH3 is 1. The van der Waals surface area contributed by atoms with E-state index in [0.717, 1.165) is 23.6 Å². The van der Waals surface area contributed by atoms with E-state index >= 15 is 0 Å². The van der Waals surface area contributed by atoms with E-state index in [1.165, 1.54) is 29.9 Å². The van der Waals surface area contributed by atoms with E-state index in [1.807, 2.05) is 13.1 Å². The number of aryl methyl sites for hydroxylation is 1. The highest BCUT2D eigenvalue weighted by Gasteiger charge is 2.26. The number of alkyl halides is 2. The molecule has 1 aliphatic rings. The Morgan fingerprint density at radius 1 is 1.17 bits per heavy atom. The van der Waals surface area contributed by atoms with Gasteiger partial charge in [0, 0.05) is 41.7 Å². The molecular weight excluding hydrogens is 473 g/mol. The summed E-state index contributed by atoms with van der Waals surface area (Å²) in [5.41, 5.74) is 1.57. The maximum Gasteiger partial charge on any atom is 0.274 e. The summed E-state index contributed by atoms with van der Waals surface area (Å²) in [6, 6.07) is 9.65. The molecule has 10 heteroatoms. The zero-order valence-corrected chi connectivity index (χ0v) is 19.5. The lowest BCUT2D eigenvalue weighted by Crippen LogP contribution is -2.31. The number of nitrogens with one attached hydrogen (secondary N) is 1. The number of halogens is 3. The van der Waals surface area contributed by atoms with Gasteiger partial charge in [0.25, 0.3) is 12.0 Å². The number of anilines is 2. The van der Waals surface area contributed by atoms with E-state index in [4.69, 9.17) is 9.47 Å². The zero-order valence-electron chi connectivity index (χ0n) is 19.5. The molecule has 0 amide bonds. The first kappa shape index (κ1) is 23.5. The Kier molecular flexibility index (Phi) is 6.17. The molecule has 186 valence electrons. The van der Waals surface area contributed by atoms with E-state index in [-0.39, 0.29) is 17.9 Å². The van der Waals surface area contributed by atoms with Gasteiger partial charge >= 0.3 is 0 Å². The van der Waals surface area contributed by atoms with Crippen LogP contribution in [0.15, 0.2) is 66.0 Å². The second kappa shape index (κ2) is 9.44. The summed E-state index contributed by atoms with van der Waals surface area (Å²) < 4.78 is 55.8. The molecule has 3 heterocycles. The molecule has 1 unspecified atom stereocenters. The van der Waals surface area contributed by atoms with E-state index in [9.17, 15) is 18.0 Å². The molecule has 0 aliphatic carbocycles. The maximum absolute atomic E-state index is 14.0. The van der Waals surface area contributed by atoms with Gasteiger partial charge in [0.1, 0.15) is 23.0 Å². The molecule has 7 nitrogen and oxygen atoms in total. The number of rotatable bonds is 6. The van der Waals surface area contributed by atoms with E-state index in [2.05, 4.69) is 10.3 Å². The fraction of sp³-hybridized carbons (Fsp3) is 0.231. The largest absolute Gasteiger partial charge is 0.494 e. The number of benzene rings is 2. The fourth-order valence-corrected chi connectivity index (χ4v) is 4.38. The highest BCUT2D eigenvalue weighted by molar-refractivity contribution is 5.65. The van der Waals surface area contributed by atoms with Gasteiger partial charge in [0.05, 0.1) is 37.5 Å². The van der Waals surface area contributed by atoms with Gasteiger partial charge in [-0.15, -0.1) is 0 Å². The predicted molar refractivity (Wildman–Crippen MR) is 128 cm³/mol. The average molecular weight is 496 g/mol. The Morgan fingerprint density at radius 2 is 2.00 bits per heavy atom. The van der Waals surface area contributed by atoms with Crippen LogP contribution in [0.25, 0.3) is 5.69 Å². The Labute approximate surface area is 204 Å². The van der Waals surface area contributed by atoms with E-state index < -0.39 is 23.8 Å². The van der Waals surface area contributed by atoms with Crippen molar-refractivity contribution in [3.63, 3.8) is 0 Å². The van der Waals surface area contributed by atoms with Crippen molar-refractivity contribution in [1.82, 2.24) is 14.1 Å². The number of hydrogen-bond acceptors (Lipinski definition) is 5. The van der Waals surface area contributed by atoms with Crippen molar-refractivity contribution in [3.05, 3.63) is 94.2 Å². The highest BCUT2D eigenvalue weighted by Crippen LogP contribution is 2.36. The van der Waals surface area contributed by atoms with Crippen molar-refractivity contribution in [1.29, 1.82) is 0 Å². The van der Waals surface area contributed by atoms with Crippen LogP contribution in [-0.2, 0) is 0 Å². The van der Waals surface area contributed by atoms with Crippen LogP contribution in [0.1, 0.15) is 35.7 Å². The van der Waals surface area contributed by atoms with Crippen molar-refractivity contribution in [2.75, 3.05) is 19.0 Å². The molecule has 2 aromatic heterocycles. The molecule has 4 aromatic rings. The van der Waals surface area contributed by atoms with Gasteiger partial charge < -0.3 is 23.9 Å². The quantitative estimate of drug-likeness (QED) is 0.379. The lowest BCUT2D eigenvalue weighted by molar-refractivity contribution is 0.150. The van der Waals surface area contributed by atoms with Gasteiger partial charge in [0.15, 0.2) is 0 Å². The third kappa shape index (κ3) is 4.41. The molecule has 1 atom stereocenters. The van der Waals surface area contributed by atoms with Gasteiger partial charge in [-0.25, -0.2) is 18.2 Å². The van der Waals surface area contributed by atoms with E-state index in [0.29, 0.717) is 29.2 Å². The first-order valence-electron chi connectivity index (χ1n) is 11.3. The topological polar surface area (TPSA) is 70.3 Å². The minimum Gasteiger partial charge on any atom is -0.494 e. The van der Waals surface area contributed by atoms with Crippen LogP contribution in [0.5, 0.6) is 11.5 Å². The zero-order chi connectivity index (χ0) is 25.4. The van der Waals surface area contributed by atoms with Crippen LogP contribution in [0.3, 0.4) is 0 Å². The van der Waals surface area contributed by atoms with Crippen molar-refractivity contribution in [2.45, 2.75) is 25.8 Å². The summed E-state index contributed by atoms with van der Waals surface area (Å²) in [5.74, 6) is 0.420. The van der Waals surface area contributed by atoms with Crippen LogP contribution in [0, 0.1) is 12.7 Å². The Hall–Kier alpha value is -4.21. The van der Waals surface area contributed by atoms with Crippen molar-refractivity contribution >= 4 is 11.4 Å². The molecule has 5 rings (SSSR count). The van der Waals surface area contributed by atoms with E-state index in [1.54, 1.807) is 29.1 Å². The lowest BCUT2D eigenvalue weighted by atomic mass is 9.99. The molecule has 0 saturated heterocycles. The van der Waals surface area contributed by atoms with Crippen molar-refractivity contribution < 1.29 is 22.6 Å².